The minimum Gasteiger partial charge on any atom is -0.352 e. The quantitative estimate of drug-likeness (QED) is 0.642. The van der Waals surface area contributed by atoms with Crippen molar-refractivity contribution < 1.29 is 9.59 Å². The predicted octanol–water partition coefficient (Wildman–Crippen LogP) is 3.48. The highest BCUT2D eigenvalue weighted by Crippen LogP contribution is 2.36. The number of hydrogen-bond donors (Lipinski definition) is 2. The van der Waals surface area contributed by atoms with Crippen molar-refractivity contribution >= 4 is 50.6 Å². The first-order valence-corrected chi connectivity index (χ1v) is 11.3. The van der Waals surface area contributed by atoms with Gasteiger partial charge in [-0.3, -0.25) is 24.8 Å². The number of benzene rings is 1. The van der Waals surface area contributed by atoms with E-state index in [1.165, 1.54) is 11.3 Å². The van der Waals surface area contributed by atoms with Crippen LogP contribution in [0.4, 0.5) is 5.69 Å². The van der Waals surface area contributed by atoms with Crippen LogP contribution in [-0.4, -0.2) is 35.4 Å². The second-order valence-electron chi connectivity index (χ2n) is 6.94. The van der Waals surface area contributed by atoms with Crippen molar-refractivity contribution in [1.82, 2.24) is 15.6 Å². The van der Waals surface area contributed by atoms with E-state index in [1.54, 1.807) is 0 Å². The third kappa shape index (κ3) is 4.02. The van der Waals surface area contributed by atoms with Crippen LogP contribution in [0, 0.1) is 0 Å². The lowest BCUT2D eigenvalue weighted by Crippen LogP contribution is -2.58. The molecule has 2 aromatic rings. The molecule has 0 saturated heterocycles. The van der Waals surface area contributed by atoms with E-state index >= 15 is 0 Å². The molecule has 2 amide bonds. The molecule has 4 rings (SSSR count). The molecule has 0 aliphatic carbocycles. The highest BCUT2D eigenvalue weighted by atomic mass is 79.9. The zero-order valence-corrected chi connectivity index (χ0v) is 18.4. The van der Waals surface area contributed by atoms with Gasteiger partial charge in [0, 0.05) is 30.4 Å². The molecule has 7 nitrogen and oxygen atoms in total. The number of anilines is 1. The fraction of sp³-hybridized carbons (Fsp3) is 0.350. The summed E-state index contributed by atoms with van der Waals surface area (Å²) in [7, 11) is 0. The Bertz CT molecular complexity index is 943. The first-order chi connectivity index (χ1) is 14.1. The molecule has 2 aliphatic heterocycles. The number of hydrazone groups is 1. The molecule has 29 heavy (non-hydrogen) atoms. The van der Waals surface area contributed by atoms with Crippen molar-refractivity contribution in [2.24, 2.45) is 5.10 Å². The Morgan fingerprint density at radius 2 is 2.10 bits per heavy atom. The van der Waals surface area contributed by atoms with Gasteiger partial charge in [-0.25, -0.2) is 0 Å². The number of nitrogens with zero attached hydrogens (tertiary/aromatic N) is 3. The second-order valence-corrected chi connectivity index (χ2v) is 8.77. The summed E-state index contributed by atoms with van der Waals surface area (Å²) in [5.41, 5.74) is 5.00. The van der Waals surface area contributed by atoms with Crippen LogP contribution in [0.25, 0.3) is 0 Å². The predicted molar refractivity (Wildman–Crippen MR) is 118 cm³/mol. The molecule has 152 valence electrons. The third-order valence-corrected chi connectivity index (χ3v) is 6.35. The van der Waals surface area contributed by atoms with Crippen molar-refractivity contribution in [2.75, 3.05) is 11.4 Å². The third-order valence-electron chi connectivity index (χ3n) is 4.93. The number of hydrogen-bond acceptors (Lipinski definition) is 6. The maximum Gasteiger partial charge on any atom is 0.269 e. The summed E-state index contributed by atoms with van der Waals surface area (Å²) in [6.07, 6.45) is 1.39. The molecular formula is C20H22BrN5O2S. The van der Waals surface area contributed by atoms with Crippen molar-refractivity contribution in [1.29, 1.82) is 0 Å². The summed E-state index contributed by atoms with van der Waals surface area (Å²) >= 11 is 4.85. The number of carbonyl (C=O) groups is 2. The van der Waals surface area contributed by atoms with Gasteiger partial charge in [0.15, 0.2) is 0 Å². The number of halogens is 1. The summed E-state index contributed by atoms with van der Waals surface area (Å²) in [6, 6.07) is 9.82. The Hall–Kier alpha value is -2.39. The Morgan fingerprint density at radius 1 is 1.31 bits per heavy atom. The standard InChI is InChI=1S/C20H22BrN5O2S/c1-2-10-25-19(28)18-15(9-11-29-18)26-16(23-24-20(25)26)7-8-17(27)22-12-13-3-5-14(21)6-4-13/h3-6,9,11,20,24H,2,7-8,10,12H2,1H3,(H,22,27). The first kappa shape index (κ1) is 19.9. The SMILES string of the molecule is CCCN1C(=O)c2sccc2N2C(CCC(=O)NCc3ccc(Br)cc3)=NNC12. The van der Waals surface area contributed by atoms with E-state index < -0.39 is 0 Å². The van der Waals surface area contributed by atoms with Gasteiger partial charge >= 0.3 is 0 Å². The number of rotatable bonds is 7. The summed E-state index contributed by atoms with van der Waals surface area (Å²) in [4.78, 5) is 29.7. The number of nitrogens with one attached hydrogen (secondary N) is 2. The van der Waals surface area contributed by atoms with Crippen molar-refractivity contribution in [3.05, 3.63) is 50.6 Å². The smallest absolute Gasteiger partial charge is 0.269 e. The first-order valence-electron chi connectivity index (χ1n) is 9.59. The Morgan fingerprint density at radius 3 is 2.86 bits per heavy atom. The average molecular weight is 476 g/mol. The van der Waals surface area contributed by atoms with Crippen molar-refractivity contribution in [3.63, 3.8) is 0 Å². The minimum absolute atomic E-state index is 0.0249. The topological polar surface area (TPSA) is 77.0 Å². The molecule has 3 heterocycles. The van der Waals surface area contributed by atoms with E-state index in [0.29, 0.717) is 25.9 Å². The van der Waals surface area contributed by atoms with Gasteiger partial charge < -0.3 is 5.32 Å². The minimum atomic E-state index is -0.314. The van der Waals surface area contributed by atoms with E-state index in [9.17, 15) is 9.59 Å². The van der Waals surface area contributed by atoms with Gasteiger partial charge in [0.1, 0.15) is 10.7 Å². The lowest BCUT2D eigenvalue weighted by molar-refractivity contribution is -0.121. The van der Waals surface area contributed by atoms with Gasteiger partial charge in [0.2, 0.25) is 12.2 Å². The fourth-order valence-corrected chi connectivity index (χ4v) is 4.62. The maximum atomic E-state index is 12.8. The summed E-state index contributed by atoms with van der Waals surface area (Å²) in [6.45, 7) is 3.20. The maximum absolute atomic E-state index is 12.8. The van der Waals surface area contributed by atoms with Crippen LogP contribution in [0.5, 0.6) is 0 Å². The van der Waals surface area contributed by atoms with E-state index in [2.05, 4.69) is 31.8 Å². The summed E-state index contributed by atoms with van der Waals surface area (Å²) in [5.74, 6) is 0.791. The van der Waals surface area contributed by atoms with E-state index in [0.717, 1.165) is 32.9 Å². The Labute approximate surface area is 181 Å². The van der Waals surface area contributed by atoms with Crippen molar-refractivity contribution in [3.8, 4) is 0 Å². The second kappa shape index (κ2) is 8.54. The zero-order valence-electron chi connectivity index (χ0n) is 16.0. The molecule has 0 spiro atoms. The van der Waals surface area contributed by atoms with Crippen LogP contribution >= 0.6 is 27.3 Å². The van der Waals surface area contributed by atoms with Crippen LogP contribution < -0.4 is 15.6 Å². The molecule has 2 N–H and O–H groups in total. The molecule has 1 aromatic carbocycles. The number of carbonyl (C=O) groups excluding carboxylic acids is 2. The van der Waals surface area contributed by atoms with Crippen LogP contribution in [0.3, 0.4) is 0 Å². The molecule has 0 bridgehead atoms. The number of amidine groups is 1. The van der Waals surface area contributed by atoms with E-state index in [-0.39, 0.29) is 18.1 Å². The van der Waals surface area contributed by atoms with Crippen molar-refractivity contribution in [2.45, 2.75) is 39.0 Å². The number of amides is 2. The largest absolute Gasteiger partial charge is 0.352 e. The highest BCUT2D eigenvalue weighted by Gasteiger charge is 2.43. The highest BCUT2D eigenvalue weighted by molar-refractivity contribution is 9.10. The average Bonchev–Trinajstić information content (AvgIpc) is 3.36. The molecule has 0 saturated carbocycles. The molecule has 0 fully saturated rings. The Kier molecular flexibility index (Phi) is 5.86. The lowest BCUT2D eigenvalue weighted by Gasteiger charge is -2.39. The van der Waals surface area contributed by atoms with Gasteiger partial charge in [-0.1, -0.05) is 35.0 Å². The van der Waals surface area contributed by atoms with Crippen LogP contribution in [0.2, 0.25) is 0 Å². The monoisotopic (exact) mass is 475 g/mol. The van der Waals surface area contributed by atoms with Gasteiger partial charge in [-0.15, -0.1) is 11.3 Å². The number of thiophene rings is 1. The molecule has 1 unspecified atom stereocenters. The Balaban J connectivity index is 1.39. The van der Waals surface area contributed by atoms with E-state index in [1.807, 2.05) is 52.4 Å². The zero-order chi connectivity index (χ0) is 20.4. The van der Waals surface area contributed by atoms with E-state index in [4.69, 9.17) is 0 Å². The van der Waals surface area contributed by atoms with Gasteiger partial charge in [0.25, 0.3) is 5.91 Å². The van der Waals surface area contributed by atoms with Crippen LogP contribution in [-0.2, 0) is 11.3 Å². The summed E-state index contributed by atoms with van der Waals surface area (Å²) < 4.78 is 1.01. The molecule has 1 aromatic heterocycles. The molecule has 9 heteroatoms. The molecule has 0 radical (unpaired) electrons. The normalized spacial score (nSPS) is 17.5. The lowest BCUT2D eigenvalue weighted by atomic mass is 10.2. The molecule has 2 aliphatic rings. The van der Waals surface area contributed by atoms with Gasteiger partial charge in [0.05, 0.1) is 5.69 Å². The van der Waals surface area contributed by atoms with Gasteiger partial charge in [-0.05, 0) is 35.6 Å². The van der Waals surface area contributed by atoms with Crippen LogP contribution in [0.1, 0.15) is 41.4 Å². The fourth-order valence-electron chi connectivity index (χ4n) is 3.52. The van der Waals surface area contributed by atoms with Crippen LogP contribution in [0.15, 0.2) is 45.3 Å². The molecular weight excluding hydrogens is 454 g/mol. The molecule has 1 atom stereocenters. The number of fused-ring (bicyclic) bond motifs is 3. The summed E-state index contributed by atoms with van der Waals surface area (Å²) in [5, 5.41) is 9.32. The van der Waals surface area contributed by atoms with Gasteiger partial charge in [-0.2, -0.15) is 5.10 Å².